The lowest BCUT2D eigenvalue weighted by atomic mass is 10.1. The van der Waals surface area contributed by atoms with Crippen molar-refractivity contribution < 1.29 is 26.3 Å². The van der Waals surface area contributed by atoms with E-state index in [-0.39, 0.29) is 28.6 Å². The highest BCUT2D eigenvalue weighted by Gasteiger charge is 2.35. The smallest absolute Gasteiger partial charge is 0.271 e. The maximum absolute atomic E-state index is 15.9. The molecule has 1 atom stereocenters. The van der Waals surface area contributed by atoms with Crippen LogP contribution in [0.1, 0.15) is 23.1 Å². The van der Waals surface area contributed by atoms with Gasteiger partial charge in [-0.15, -0.1) is 0 Å². The van der Waals surface area contributed by atoms with Crippen LogP contribution in [0.5, 0.6) is 5.75 Å². The Morgan fingerprint density at radius 3 is 2.56 bits per heavy atom. The second-order valence-electron chi connectivity index (χ2n) is 10.4. The first-order valence-electron chi connectivity index (χ1n) is 13.5. The van der Waals surface area contributed by atoms with Crippen LogP contribution in [-0.2, 0) is 23.1 Å². The quantitative estimate of drug-likeness (QED) is 0.190. The van der Waals surface area contributed by atoms with Crippen molar-refractivity contribution in [2.45, 2.75) is 37.4 Å². The third-order valence-corrected chi connectivity index (χ3v) is 9.83. The second-order valence-corrected chi connectivity index (χ2v) is 13.0. The minimum absolute atomic E-state index is 0.102. The molecule has 1 fully saturated rings. The average molecular weight is 676 g/mol. The summed E-state index contributed by atoms with van der Waals surface area (Å²) in [5.41, 5.74) is 2.55. The molecule has 0 spiro atoms. The van der Waals surface area contributed by atoms with Crippen molar-refractivity contribution in [3.05, 3.63) is 112 Å². The summed E-state index contributed by atoms with van der Waals surface area (Å²) in [6, 6.07) is 18.1. The molecule has 5 rings (SSSR count). The third kappa shape index (κ3) is 6.81. The molecule has 2 heterocycles. The zero-order valence-corrected chi connectivity index (χ0v) is 25.9. The van der Waals surface area contributed by atoms with Gasteiger partial charge in [0.05, 0.1) is 30.0 Å². The molecule has 0 bridgehead atoms. The molecule has 7 nitrogen and oxygen atoms in total. The van der Waals surface area contributed by atoms with E-state index in [4.69, 9.17) is 4.74 Å². The number of nitrogens with zero attached hydrogens (tertiary/aromatic N) is 3. The van der Waals surface area contributed by atoms with Crippen LogP contribution in [0, 0.1) is 24.4 Å². The van der Waals surface area contributed by atoms with Crippen LogP contribution in [0.4, 0.5) is 24.7 Å². The van der Waals surface area contributed by atoms with Crippen LogP contribution >= 0.6 is 15.9 Å². The molecular formula is C31H30BrF3N4O3S. The van der Waals surface area contributed by atoms with Crippen LogP contribution in [0.2, 0.25) is 0 Å². The fourth-order valence-corrected chi connectivity index (χ4v) is 7.20. The molecule has 0 radical (unpaired) electrons. The standard InChI is InChI=1S/C31H30BrF3N4O3S/c1-20-8-9-22(27(14-20)42-2)18-39(28-11-10-23(33)16-36-28)43(40,41)31-25(34)15-26(29(32)30(31)35)37-24-12-13-38(19-24)17-21-6-4-3-5-7-21/h3-11,14-16,24,37H,12-13,17-19H2,1-2H3/t24-/m0/s1. The number of aromatic nitrogens is 1. The first kappa shape index (κ1) is 30.8. The van der Waals surface area contributed by atoms with E-state index in [0.717, 1.165) is 53.8 Å². The topological polar surface area (TPSA) is 74.8 Å². The molecule has 0 unspecified atom stereocenters. The third-order valence-electron chi connectivity index (χ3n) is 7.27. The number of rotatable bonds is 10. The first-order valence-corrected chi connectivity index (χ1v) is 15.8. The molecule has 1 aliphatic heterocycles. The lowest BCUT2D eigenvalue weighted by molar-refractivity contribution is 0.328. The number of ether oxygens (including phenoxy) is 1. The number of aryl methyl sites for hydroxylation is 1. The summed E-state index contributed by atoms with van der Waals surface area (Å²) in [5, 5.41) is 3.17. The van der Waals surface area contributed by atoms with Gasteiger partial charge in [-0.05, 0) is 64.7 Å². The molecule has 1 saturated heterocycles. The number of sulfonamides is 1. The van der Waals surface area contributed by atoms with Crippen molar-refractivity contribution in [2.75, 3.05) is 29.8 Å². The van der Waals surface area contributed by atoms with Crippen LogP contribution in [0.25, 0.3) is 0 Å². The second kappa shape index (κ2) is 12.9. The Kier molecular flexibility index (Phi) is 9.28. The summed E-state index contributed by atoms with van der Waals surface area (Å²) in [4.78, 5) is 4.98. The van der Waals surface area contributed by atoms with Crippen molar-refractivity contribution in [3.63, 3.8) is 0 Å². The predicted molar refractivity (Wildman–Crippen MR) is 163 cm³/mol. The minimum Gasteiger partial charge on any atom is -0.496 e. The van der Waals surface area contributed by atoms with Gasteiger partial charge < -0.3 is 10.1 Å². The van der Waals surface area contributed by atoms with Crippen LogP contribution < -0.4 is 14.4 Å². The predicted octanol–water partition coefficient (Wildman–Crippen LogP) is 6.66. The van der Waals surface area contributed by atoms with E-state index in [9.17, 15) is 12.8 Å². The Hall–Kier alpha value is -3.61. The first-order chi connectivity index (χ1) is 20.6. The van der Waals surface area contributed by atoms with E-state index < -0.39 is 32.4 Å². The zero-order chi connectivity index (χ0) is 30.7. The zero-order valence-electron chi connectivity index (χ0n) is 23.5. The lowest BCUT2D eigenvalue weighted by Crippen LogP contribution is -2.33. The number of methoxy groups -OCH3 is 1. The monoisotopic (exact) mass is 674 g/mol. The number of hydrogen-bond acceptors (Lipinski definition) is 6. The Labute approximate surface area is 257 Å². The molecule has 43 heavy (non-hydrogen) atoms. The van der Waals surface area contributed by atoms with Crippen LogP contribution in [0.15, 0.2) is 82.3 Å². The molecular weight excluding hydrogens is 645 g/mol. The number of benzene rings is 3. The Balaban J connectivity index is 1.45. The van der Waals surface area contributed by atoms with Gasteiger partial charge in [0.25, 0.3) is 10.0 Å². The van der Waals surface area contributed by atoms with Crippen molar-refractivity contribution >= 4 is 37.5 Å². The van der Waals surface area contributed by atoms with Crippen molar-refractivity contribution in [1.82, 2.24) is 9.88 Å². The van der Waals surface area contributed by atoms with E-state index in [0.29, 0.717) is 17.9 Å². The van der Waals surface area contributed by atoms with Crippen LogP contribution in [-0.4, -0.2) is 44.5 Å². The fraction of sp³-hybridized carbons (Fsp3) is 0.258. The Morgan fingerprint density at radius 2 is 1.86 bits per heavy atom. The number of anilines is 2. The summed E-state index contributed by atoms with van der Waals surface area (Å²) >= 11 is 3.16. The van der Waals surface area contributed by atoms with E-state index in [1.807, 2.05) is 37.3 Å². The maximum Gasteiger partial charge on any atom is 0.271 e. The SMILES string of the molecule is COc1cc(C)ccc1CN(c1ccc(F)cn1)S(=O)(=O)c1c(F)cc(N[C@H]2CCN(Cc3ccccc3)C2)c(Br)c1F. The lowest BCUT2D eigenvalue weighted by Gasteiger charge is -2.26. The number of nitrogens with one attached hydrogen (secondary N) is 1. The fourth-order valence-electron chi connectivity index (χ4n) is 5.13. The molecule has 4 aromatic rings. The summed E-state index contributed by atoms with van der Waals surface area (Å²) < 4.78 is 79.2. The van der Waals surface area contributed by atoms with Gasteiger partial charge in [0.1, 0.15) is 23.2 Å². The molecule has 0 amide bonds. The summed E-state index contributed by atoms with van der Waals surface area (Å²) in [6.07, 6.45) is 1.58. The van der Waals surface area contributed by atoms with Gasteiger partial charge in [0, 0.05) is 31.2 Å². The Morgan fingerprint density at radius 1 is 1.09 bits per heavy atom. The van der Waals surface area contributed by atoms with Gasteiger partial charge in [0.2, 0.25) is 0 Å². The number of pyridine rings is 1. The normalized spacial score (nSPS) is 15.4. The van der Waals surface area contributed by atoms with Crippen LogP contribution in [0.3, 0.4) is 0 Å². The highest BCUT2D eigenvalue weighted by atomic mass is 79.9. The van der Waals surface area contributed by atoms with Gasteiger partial charge in [0.15, 0.2) is 10.7 Å². The van der Waals surface area contributed by atoms with Gasteiger partial charge in [-0.3, -0.25) is 4.90 Å². The van der Waals surface area contributed by atoms with Gasteiger partial charge >= 0.3 is 0 Å². The van der Waals surface area contributed by atoms with Crippen molar-refractivity contribution in [1.29, 1.82) is 0 Å². The summed E-state index contributed by atoms with van der Waals surface area (Å²) in [7, 11) is -3.46. The molecule has 226 valence electrons. The van der Waals surface area contributed by atoms with E-state index in [2.05, 4.69) is 31.1 Å². The van der Waals surface area contributed by atoms with E-state index in [1.165, 1.54) is 12.7 Å². The average Bonchev–Trinajstić information content (AvgIpc) is 3.42. The highest BCUT2D eigenvalue weighted by molar-refractivity contribution is 9.10. The Bertz CT molecular complexity index is 1710. The summed E-state index contributed by atoms with van der Waals surface area (Å²) in [6.45, 7) is 3.66. The van der Waals surface area contributed by atoms with Crippen molar-refractivity contribution in [2.24, 2.45) is 0 Å². The van der Waals surface area contributed by atoms with Gasteiger partial charge in [-0.25, -0.2) is 30.9 Å². The summed E-state index contributed by atoms with van der Waals surface area (Å²) in [5.74, 6) is -3.10. The minimum atomic E-state index is -4.89. The molecule has 12 heteroatoms. The van der Waals surface area contributed by atoms with Crippen molar-refractivity contribution in [3.8, 4) is 5.75 Å². The highest BCUT2D eigenvalue weighted by Crippen LogP contribution is 2.37. The number of halogens is 4. The van der Waals surface area contributed by atoms with E-state index in [1.54, 1.807) is 18.2 Å². The maximum atomic E-state index is 15.9. The number of hydrogen-bond donors (Lipinski definition) is 1. The molecule has 1 aromatic heterocycles. The van der Waals surface area contributed by atoms with E-state index >= 15 is 8.78 Å². The molecule has 0 aliphatic carbocycles. The molecule has 1 N–H and O–H groups in total. The number of likely N-dealkylation sites (tertiary alicyclic amines) is 1. The molecule has 0 saturated carbocycles. The van der Waals surface area contributed by atoms with Gasteiger partial charge in [-0.1, -0.05) is 42.5 Å². The largest absolute Gasteiger partial charge is 0.496 e. The molecule has 1 aliphatic rings. The molecule has 3 aromatic carbocycles. The van der Waals surface area contributed by atoms with Gasteiger partial charge in [-0.2, -0.15) is 0 Å².